The van der Waals surface area contributed by atoms with E-state index in [1.54, 1.807) is 18.2 Å². The van der Waals surface area contributed by atoms with Gasteiger partial charge in [0.15, 0.2) is 23.0 Å². The van der Waals surface area contributed by atoms with Crippen LogP contribution in [0.25, 0.3) is 5.69 Å². The molecule has 0 amide bonds. The molecule has 3 aromatic rings. The highest BCUT2D eigenvalue weighted by Crippen LogP contribution is 2.32. The van der Waals surface area contributed by atoms with Crippen LogP contribution in [0.5, 0.6) is 5.75 Å². The molecule has 168 valence electrons. The Bertz CT molecular complexity index is 1170. The number of hydrogen-bond donors (Lipinski definition) is 1. The molecule has 2 N–H and O–H groups in total. The van der Waals surface area contributed by atoms with Gasteiger partial charge >= 0.3 is 12.1 Å². The van der Waals surface area contributed by atoms with Crippen molar-refractivity contribution in [3.63, 3.8) is 0 Å². The molecule has 1 aromatic heterocycles. The van der Waals surface area contributed by atoms with E-state index < -0.39 is 29.4 Å². The van der Waals surface area contributed by atoms with Crippen LogP contribution in [0.4, 0.5) is 17.6 Å². The molecule has 1 aliphatic heterocycles. The van der Waals surface area contributed by atoms with Crippen LogP contribution in [0.1, 0.15) is 32.9 Å². The molecular weight excluding hydrogens is 428 g/mol. The first-order valence-corrected chi connectivity index (χ1v) is 9.85. The van der Waals surface area contributed by atoms with E-state index in [0.29, 0.717) is 36.7 Å². The molecule has 0 spiro atoms. The molecule has 0 unspecified atom stereocenters. The average molecular weight is 448 g/mol. The van der Waals surface area contributed by atoms with Crippen molar-refractivity contribution >= 4 is 5.97 Å². The molecular formula is C22H20F4N4O2. The molecule has 10 heteroatoms. The summed E-state index contributed by atoms with van der Waals surface area (Å²) in [6.45, 7) is 1.34. The maximum Gasteiger partial charge on any atom is 0.435 e. The largest absolute Gasteiger partial charge is 0.435 e. The van der Waals surface area contributed by atoms with E-state index in [-0.39, 0.29) is 18.0 Å². The number of halogens is 4. The molecule has 6 nitrogen and oxygen atoms in total. The third-order valence-corrected chi connectivity index (χ3v) is 5.29. The van der Waals surface area contributed by atoms with Crippen LogP contribution in [0.15, 0.2) is 42.5 Å². The lowest BCUT2D eigenvalue weighted by Gasteiger charge is -2.25. The highest BCUT2D eigenvalue weighted by atomic mass is 19.4. The first kappa shape index (κ1) is 22.0. The van der Waals surface area contributed by atoms with Gasteiger partial charge in [0.25, 0.3) is 0 Å². The van der Waals surface area contributed by atoms with Gasteiger partial charge in [-0.2, -0.15) is 18.3 Å². The molecule has 0 radical (unpaired) electrons. The summed E-state index contributed by atoms with van der Waals surface area (Å²) in [4.78, 5) is 14.9. The van der Waals surface area contributed by atoms with Crippen molar-refractivity contribution < 1.29 is 27.1 Å². The van der Waals surface area contributed by atoms with E-state index in [0.717, 1.165) is 10.2 Å². The normalized spacial score (nSPS) is 14.3. The van der Waals surface area contributed by atoms with Crippen molar-refractivity contribution in [2.45, 2.75) is 25.7 Å². The number of alkyl halides is 3. The monoisotopic (exact) mass is 448 g/mol. The average Bonchev–Trinajstić information content (AvgIpc) is 3.22. The number of fused-ring (bicyclic) bond motifs is 1. The zero-order valence-corrected chi connectivity index (χ0v) is 17.1. The fourth-order valence-corrected chi connectivity index (χ4v) is 3.64. The lowest BCUT2D eigenvalue weighted by Crippen LogP contribution is -2.27. The predicted octanol–water partition coefficient (Wildman–Crippen LogP) is 3.70. The van der Waals surface area contributed by atoms with Crippen molar-refractivity contribution in [2.24, 2.45) is 5.73 Å². The zero-order chi connectivity index (χ0) is 23.0. The SMILES string of the molecule is CN1CCc2c(ccc(OC(=O)c3cc(C(F)(F)F)nn3-c3cccc(CN)c3)c2F)C1. The lowest BCUT2D eigenvalue weighted by atomic mass is 9.99. The van der Waals surface area contributed by atoms with Gasteiger partial charge in [-0.05, 0) is 48.4 Å². The second-order valence-corrected chi connectivity index (χ2v) is 7.59. The number of likely N-dealkylation sites (N-methyl/N-ethyl adjacent to an activating group) is 1. The first-order chi connectivity index (χ1) is 15.2. The summed E-state index contributed by atoms with van der Waals surface area (Å²) in [5.41, 5.74) is 5.91. The minimum atomic E-state index is -4.78. The summed E-state index contributed by atoms with van der Waals surface area (Å²) in [5, 5.41) is 3.54. The van der Waals surface area contributed by atoms with Gasteiger partial charge in [0.2, 0.25) is 0 Å². The van der Waals surface area contributed by atoms with Crippen LogP contribution in [0.3, 0.4) is 0 Å². The van der Waals surface area contributed by atoms with Crippen molar-refractivity contribution in [3.05, 3.63) is 76.4 Å². The number of benzene rings is 2. The van der Waals surface area contributed by atoms with Gasteiger partial charge in [0.05, 0.1) is 5.69 Å². The number of rotatable bonds is 4. The maximum atomic E-state index is 15.0. The quantitative estimate of drug-likeness (QED) is 0.374. The molecule has 0 saturated carbocycles. The zero-order valence-electron chi connectivity index (χ0n) is 17.1. The Kier molecular flexibility index (Phi) is 5.74. The summed E-state index contributed by atoms with van der Waals surface area (Å²) in [6, 6.07) is 9.82. The van der Waals surface area contributed by atoms with Crippen LogP contribution in [0, 0.1) is 5.82 Å². The maximum absolute atomic E-state index is 15.0. The van der Waals surface area contributed by atoms with E-state index in [1.807, 2.05) is 11.9 Å². The molecule has 0 atom stereocenters. The van der Waals surface area contributed by atoms with Crippen LogP contribution >= 0.6 is 0 Å². The Hall–Kier alpha value is -3.24. The first-order valence-electron chi connectivity index (χ1n) is 9.85. The Labute approximate surface area is 181 Å². The number of aromatic nitrogens is 2. The van der Waals surface area contributed by atoms with Gasteiger partial charge in [-0.1, -0.05) is 18.2 Å². The number of carbonyl (C=O) groups excluding carboxylic acids is 1. The number of carbonyl (C=O) groups is 1. The standard InChI is InChI=1S/C22H20F4N4O2/c1-29-8-7-16-14(12-29)5-6-18(20(16)23)32-21(31)17-10-19(22(24,25)26)28-30(17)15-4-2-3-13(9-15)11-27/h2-6,9-10H,7-8,11-12,27H2,1H3. The fraction of sp³-hybridized carbons (Fsp3) is 0.273. The van der Waals surface area contributed by atoms with Crippen LogP contribution in [0.2, 0.25) is 0 Å². The smallest absolute Gasteiger partial charge is 0.419 e. The molecule has 32 heavy (non-hydrogen) atoms. The summed E-state index contributed by atoms with van der Waals surface area (Å²) in [5.74, 6) is -2.18. The number of nitrogens with two attached hydrogens (primary N) is 1. The van der Waals surface area contributed by atoms with Gasteiger partial charge < -0.3 is 15.4 Å². The Morgan fingerprint density at radius 1 is 1.22 bits per heavy atom. The Morgan fingerprint density at radius 3 is 2.72 bits per heavy atom. The van der Waals surface area contributed by atoms with Gasteiger partial charge in [-0.15, -0.1) is 0 Å². The summed E-state index contributed by atoms with van der Waals surface area (Å²) >= 11 is 0. The van der Waals surface area contributed by atoms with E-state index in [2.05, 4.69) is 5.10 Å². The lowest BCUT2D eigenvalue weighted by molar-refractivity contribution is -0.141. The number of ether oxygens (including phenoxy) is 1. The van der Waals surface area contributed by atoms with Gasteiger partial charge in [-0.25, -0.2) is 13.9 Å². The molecule has 1 aliphatic rings. The second-order valence-electron chi connectivity index (χ2n) is 7.59. The molecule has 0 bridgehead atoms. The summed E-state index contributed by atoms with van der Waals surface area (Å²) in [6.07, 6.45) is -4.35. The van der Waals surface area contributed by atoms with Crippen LogP contribution in [-0.4, -0.2) is 34.2 Å². The van der Waals surface area contributed by atoms with Crippen LogP contribution in [-0.2, 0) is 25.7 Å². The van der Waals surface area contributed by atoms with Crippen molar-refractivity contribution in [3.8, 4) is 11.4 Å². The Balaban J connectivity index is 1.71. The van der Waals surface area contributed by atoms with E-state index in [9.17, 15) is 22.4 Å². The fourth-order valence-electron chi connectivity index (χ4n) is 3.64. The molecule has 0 aliphatic carbocycles. The number of nitrogens with zero attached hydrogens (tertiary/aromatic N) is 3. The van der Waals surface area contributed by atoms with E-state index >= 15 is 0 Å². The second kappa shape index (κ2) is 8.36. The third kappa shape index (κ3) is 4.23. The minimum absolute atomic E-state index is 0.149. The van der Waals surface area contributed by atoms with Gasteiger partial charge in [0.1, 0.15) is 0 Å². The van der Waals surface area contributed by atoms with Crippen molar-refractivity contribution in [2.75, 3.05) is 13.6 Å². The van der Waals surface area contributed by atoms with E-state index in [4.69, 9.17) is 10.5 Å². The molecule has 2 aromatic carbocycles. The molecule has 2 heterocycles. The van der Waals surface area contributed by atoms with Crippen molar-refractivity contribution in [1.29, 1.82) is 0 Å². The Morgan fingerprint density at radius 2 is 2.00 bits per heavy atom. The van der Waals surface area contributed by atoms with Gasteiger partial charge in [-0.3, -0.25) is 0 Å². The highest BCUT2D eigenvalue weighted by Gasteiger charge is 2.36. The number of hydrogen-bond acceptors (Lipinski definition) is 5. The summed E-state index contributed by atoms with van der Waals surface area (Å²) in [7, 11) is 1.91. The van der Waals surface area contributed by atoms with Crippen molar-refractivity contribution in [1.82, 2.24) is 14.7 Å². The molecule has 0 fully saturated rings. The number of esters is 1. The minimum Gasteiger partial charge on any atom is -0.419 e. The highest BCUT2D eigenvalue weighted by molar-refractivity contribution is 5.90. The third-order valence-electron chi connectivity index (χ3n) is 5.29. The van der Waals surface area contributed by atoms with E-state index in [1.165, 1.54) is 18.2 Å². The topological polar surface area (TPSA) is 73.4 Å². The summed E-state index contributed by atoms with van der Waals surface area (Å²) < 4.78 is 60.9. The van der Waals surface area contributed by atoms with Gasteiger partial charge in [0, 0.05) is 25.7 Å². The van der Waals surface area contributed by atoms with Crippen LogP contribution < -0.4 is 10.5 Å². The molecule has 0 saturated heterocycles. The predicted molar refractivity (Wildman–Crippen MR) is 108 cm³/mol. The molecule has 4 rings (SSSR count).